The first-order valence-electron chi connectivity index (χ1n) is 9.42. The van der Waals surface area contributed by atoms with Crippen LogP contribution in [0.2, 0.25) is 25.7 Å². The van der Waals surface area contributed by atoms with Crippen molar-refractivity contribution in [3.05, 3.63) is 17.8 Å². The number of carboxylic acid groups (broad SMARTS) is 1. The summed E-state index contributed by atoms with van der Waals surface area (Å²) in [6.45, 7) is 8.90. The van der Waals surface area contributed by atoms with Gasteiger partial charge in [0.15, 0.2) is 11.5 Å². The second-order valence-electron chi connectivity index (χ2n) is 8.14. The number of aromatic carboxylic acids is 1. The van der Waals surface area contributed by atoms with Crippen LogP contribution >= 0.6 is 0 Å². The van der Waals surface area contributed by atoms with Crippen molar-refractivity contribution in [1.82, 2.24) is 9.78 Å². The summed E-state index contributed by atoms with van der Waals surface area (Å²) in [6.07, 6.45) is 2.38. The summed E-state index contributed by atoms with van der Waals surface area (Å²) in [6, 6.07) is 2.53. The maximum absolute atomic E-state index is 11.8. The Hall–Kier alpha value is -2.10. The van der Waals surface area contributed by atoms with E-state index in [0.29, 0.717) is 42.2 Å². The third kappa shape index (κ3) is 4.84. The zero-order chi connectivity index (χ0) is 20.3. The van der Waals surface area contributed by atoms with Gasteiger partial charge in [-0.2, -0.15) is 5.10 Å². The van der Waals surface area contributed by atoms with Crippen LogP contribution in [0, 0.1) is 0 Å². The Morgan fingerprint density at radius 3 is 2.82 bits per heavy atom. The molecule has 1 saturated heterocycles. The van der Waals surface area contributed by atoms with E-state index in [1.54, 1.807) is 10.9 Å². The van der Waals surface area contributed by atoms with E-state index < -0.39 is 14.0 Å². The highest BCUT2D eigenvalue weighted by Gasteiger charge is 2.25. The molecule has 0 bridgehead atoms. The Morgan fingerprint density at radius 2 is 2.21 bits per heavy atom. The van der Waals surface area contributed by atoms with Gasteiger partial charge in [0.1, 0.15) is 18.4 Å². The number of carbonyl (C=O) groups is 1. The Labute approximate surface area is 165 Å². The number of carboxylic acids is 1. The standard InChI is InChI=1S/C19H28N2O6Si/c1-24-18-15-10-21(12-26-7-8-28(2,3)4)20-17(15)14(19(22)23)9-16(18)27-13-5-6-25-11-13/h9-10,13H,5-8,11-12H2,1-4H3,(H,22,23). The summed E-state index contributed by atoms with van der Waals surface area (Å²) < 4.78 is 24.2. The van der Waals surface area contributed by atoms with Gasteiger partial charge in [-0.05, 0) is 6.04 Å². The molecule has 1 unspecified atom stereocenters. The summed E-state index contributed by atoms with van der Waals surface area (Å²) in [5, 5.41) is 14.6. The number of fused-ring (bicyclic) bond motifs is 1. The van der Waals surface area contributed by atoms with E-state index in [2.05, 4.69) is 24.7 Å². The minimum atomic E-state index is -1.17. The molecule has 1 aromatic heterocycles. The van der Waals surface area contributed by atoms with Crippen LogP contribution in [0.15, 0.2) is 12.3 Å². The minimum Gasteiger partial charge on any atom is -0.492 e. The number of methoxy groups -OCH3 is 1. The maximum atomic E-state index is 11.8. The summed E-state index contributed by atoms with van der Waals surface area (Å²) in [4.78, 5) is 11.8. The predicted molar refractivity (Wildman–Crippen MR) is 107 cm³/mol. The fourth-order valence-electron chi connectivity index (χ4n) is 3.03. The van der Waals surface area contributed by atoms with Crippen LogP contribution in [-0.4, -0.2) is 62.0 Å². The predicted octanol–water partition coefficient (Wildman–Crippen LogP) is 3.22. The smallest absolute Gasteiger partial charge is 0.338 e. The molecule has 0 aliphatic carbocycles. The second kappa shape index (κ2) is 8.50. The van der Waals surface area contributed by atoms with Crippen molar-refractivity contribution in [1.29, 1.82) is 0 Å². The van der Waals surface area contributed by atoms with Gasteiger partial charge in [0.05, 0.1) is 31.3 Å². The van der Waals surface area contributed by atoms with Gasteiger partial charge in [-0.3, -0.25) is 0 Å². The lowest BCUT2D eigenvalue weighted by Gasteiger charge is -2.16. The average Bonchev–Trinajstić information content (AvgIpc) is 3.26. The molecule has 2 heterocycles. The first-order chi connectivity index (χ1) is 13.3. The summed E-state index contributed by atoms with van der Waals surface area (Å²) in [7, 11) is 0.366. The highest BCUT2D eigenvalue weighted by atomic mass is 28.3. The van der Waals surface area contributed by atoms with Crippen molar-refractivity contribution in [3.8, 4) is 11.5 Å². The fraction of sp³-hybridized carbons (Fsp3) is 0.579. The number of benzene rings is 1. The molecule has 8 nitrogen and oxygen atoms in total. The Bertz CT molecular complexity index is 839. The average molecular weight is 409 g/mol. The normalized spacial score (nSPS) is 17.2. The van der Waals surface area contributed by atoms with Gasteiger partial charge in [0, 0.05) is 33.4 Å². The van der Waals surface area contributed by atoms with Gasteiger partial charge >= 0.3 is 5.97 Å². The molecule has 2 aromatic rings. The van der Waals surface area contributed by atoms with Crippen molar-refractivity contribution >= 4 is 24.9 Å². The van der Waals surface area contributed by atoms with Crippen molar-refractivity contribution in [2.45, 2.75) is 44.9 Å². The van der Waals surface area contributed by atoms with Gasteiger partial charge in [-0.25, -0.2) is 9.48 Å². The highest BCUT2D eigenvalue weighted by molar-refractivity contribution is 6.76. The largest absolute Gasteiger partial charge is 0.492 e. The lowest BCUT2D eigenvalue weighted by atomic mass is 10.1. The lowest BCUT2D eigenvalue weighted by Crippen LogP contribution is -2.22. The van der Waals surface area contributed by atoms with Crippen LogP contribution in [0.1, 0.15) is 16.8 Å². The van der Waals surface area contributed by atoms with E-state index in [4.69, 9.17) is 18.9 Å². The van der Waals surface area contributed by atoms with E-state index in [-0.39, 0.29) is 18.4 Å². The Balaban J connectivity index is 1.88. The molecule has 1 fully saturated rings. The topological polar surface area (TPSA) is 92.0 Å². The van der Waals surface area contributed by atoms with E-state index in [9.17, 15) is 9.90 Å². The number of rotatable bonds is 9. The van der Waals surface area contributed by atoms with Crippen LogP contribution in [0.5, 0.6) is 11.5 Å². The lowest BCUT2D eigenvalue weighted by molar-refractivity contribution is 0.0696. The van der Waals surface area contributed by atoms with Gasteiger partial charge in [-0.15, -0.1) is 0 Å². The molecule has 9 heteroatoms. The van der Waals surface area contributed by atoms with E-state index in [0.717, 1.165) is 12.5 Å². The fourth-order valence-corrected chi connectivity index (χ4v) is 3.79. The molecule has 28 heavy (non-hydrogen) atoms. The third-order valence-corrected chi connectivity index (χ3v) is 6.30. The molecule has 1 aliphatic heterocycles. The summed E-state index contributed by atoms with van der Waals surface area (Å²) in [5.74, 6) is -0.201. The zero-order valence-corrected chi connectivity index (χ0v) is 17.9. The van der Waals surface area contributed by atoms with Crippen LogP contribution < -0.4 is 9.47 Å². The third-order valence-electron chi connectivity index (χ3n) is 4.60. The van der Waals surface area contributed by atoms with Gasteiger partial charge in [-0.1, -0.05) is 19.6 Å². The minimum absolute atomic E-state index is 0.0746. The molecule has 0 radical (unpaired) electrons. The van der Waals surface area contributed by atoms with Gasteiger partial charge < -0.3 is 24.1 Å². The van der Waals surface area contributed by atoms with E-state index >= 15 is 0 Å². The van der Waals surface area contributed by atoms with Crippen molar-refractivity contribution in [3.63, 3.8) is 0 Å². The van der Waals surface area contributed by atoms with Crippen LogP contribution in [0.4, 0.5) is 0 Å². The molecule has 0 amide bonds. The first-order valence-corrected chi connectivity index (χ1v) is 13.1. The number of ether oxygens (including phenoxy) is 4. The SMILES string of the molecule is COc1c(OC2CCOC2)cc(C(=O)O)c2nn(COCC[Si](C)(C)C)cc12. The molecule has 154 valence electrons. The molecule has 3 rings (SSSR count). The molecule has 0 spiro atoms. The van der Waals surface area contributed by atoms with Crippen molar-refractivity contribution in [2.24, 2.45) is 0 Å². The maximum Gasteiger partial charge on any atom is 0.338 e. The summed E-state index contributed by atoms with van der Waals surface area (Å²) >= 11 is 0. The van der Waals surface area contributed by atoms with Crippen molar-refractivity contribution < 1.29 is 28.8 Å². The molecule has 1 aromatic carbocycles. The zero-order valence-electron chi connectivity index (χ0n) is 16.9. The second-order valence-corrected chi connectivity index (χ2v) is 13.8. The van der Waals surface area contributed by atoms with Gasteiger partial charge in [0.2, 0.25) is 0 Å². The number of hydrogen-bond donors (Lipinski definition) is 1. The Kier molecular flexibility index (Phi) is 6.26. The van der Waals surface area contributed by atoms with Gasteiger partial charge in [0.25, 0.3) is 0 Å². The van der Waals surface area contributed by atoms with Crippen LogP contribution in [-0.2, 0) is 16.2 Å². The number of hydrogen-bond acceptors (Lipinski definition) is 6. The molecule has 0 saturated carbocycles. The quantitative estimate of drug-likeness (QED) is 0.503. The van der Waals surface area contributed by atoms with E-state index in [1.807, 2.05) is 0 Å². The molecular weight excluding hydrogens is 380 g/mol. The van der Waals surface area contributed by atoms with Crippen LogP contribution in [0.25, 0.3) is 10.9 Å². The first kappa shape index (κ1) is 20.6. The number of aromatic nitrogens is 2. The molecule has 1 aliphatic rings. The number of nitrogens with zero attached hydrogens (tertiary/aromatic N) is 2. The summed E-state index contributed by atoms with van der Waals surface area (Å²) in [5.41, 5.74) is 0.429. The molecular formula is C19H28N2O6Si. The monoisotopic (exact) mass is 408 g/mol. The van der Waals surface area contributed by atoms with E-state index in [1.165, 1.54) is 13.2 Å². The highest BCUT2D eigenvalue weighted by Crippen LogP contribution is 2.38. The Morgan fingerprint density at radius 1 is 1.43 bits per heavy atom. The van der Waals surface area contributed by atoms with Crippen molar-refractivity contribution in [2.75, 3.05) is 26.9 Å². The van der Waals surface area contributed by atoms with Crippen LogP contribution in [0.3, 0.4) is 0 Å². The molecule has 1 N–H and O–H groups in total. The molecule has 1 atom stereocenters.